The van der Waals surface area contributed by atoms with Crippen LogP contribution in [0.2, 0.25) is 0 Å². The van der Waals surface area contributed by atoms with Gasteiger partial charge in [0.15, 0.2) is 5.96 Å². The molecule has 1 saturated carbocycles. The lowest BCUT2D eigenvalue weighted by atomic mass is 9.88. The van der Waals surface area contributed by atoms with E-state index in [0.29, 0.717) is 12.5 Å². The van der Waals surface area contributed by atoms with Crippen LogP contribution in [0, 0.1) is 12.8 Å². The number of nitrogens with zero attached hydrogens (tertiary/aromatic N) is 3. The lowest BCUT2D eigenvalue weighted by Crippen LogP contribution is -2.45. The van der Waals surface area contributed by atoms with Gasteiger partial charge in [-0.1, -0.05) is 19.3 Å². The van der Waals surface area contributed by atoms with E-state index in [9.17, 15) is 4.79 Å². The molecule has 1 aromatic heterocycles. The number of thiazole rings is 1. The highest BCUT2D eigenvalue weighted by atomic mass is 127. The third kappa shape index (κ3) is 5.80. The molecule has 1 saturated heterocycles. The fraction of sp³-hybridized carbons (Fsp3) is 0.722. The number of aliphatic imine (C=N–C) groups is 1. The number of amides is 1. The third-order valence-corrected chi connectivity index (χ3v) is 6.01. The maximum atomic E-state index is 12.7. The summed E-state index contributed by atoms with van der Waals surface area (Å²) in [5.41, 5.74) is 0. The number of aromatic nitrogens is 1. The van der Waals surface area contributed by atoms with Gasteiger partial charge in [0.1, 0.15) is 5.01 Å². The molecule has 3 rings (SSSR count). The molecule has 6 nitrogen and oxygen atoms in total. The van der Waals surface area contributed by atoms with Gasteiger partial charge in [0.05, 0.1) is 6.54 Å². The van der Waals surface area contributed by atoms with E-state index in [1.807, 2.05) is 11.1 Å². The van der Waals surface area contributed by atoms with Gasteiger partial charge in [-0.15, -0.1) is 35.3 Å². The topological polar surface area (TPSA) is 69.6 Å². The second-order valence-electron chi connectivity index (χ2n) is 7.04. The highest BCUT2D eigenvalue weighted by molar-refractivity contribution is 14.0. The standard InChI is InChI=1S/C18H29N5OS.HI/c1-13-10-20-16(25-13)11-21-18(19-2)22-15-8-9-23(12-15)17(24)14-6-4-3-5-7-14;/h10,14-15H,3-9,11-12H2,1-2H3,(H2,19,21,22);1H. The molecular weight excluding hydrogens is 461 g/mol. The Balaban J connectivity index is 0.00000243. The van der Waals surface area contributed by atoms with Crippen molar-refractivity contribution in [1.29, 1.82) is 0 Å². The average molecular weight is 491 g/mol. The number of hydrogen-bond acceptors (Lipinski definition) is 4. The van der Waals surface area contributed by atoms with Crippen LogP contribution in [0.1, 0.15) is 48.4 Å². The number of guanidine groups is 1. The summed E-state index contributed by atoms with van der Waals surface area (Å²) in [6, 6.07) is 0.275. The molecule has 0 bridgehead atoms. The molecule has 2 fully saturated rings. The van der Waals surface area contributed by atoms with Crippen LogP contribution in [0.25, 0.3) is 0 Å². The summed E-state index contributed by atoms with van der Waals surface area (Å²) in [6.45, 7) is 4.38. The number of aryl methyl sites for hydroxylation is 1. The average Bonchev–Trinajstić information content (AvgIpc) is 3.27. The first-order chi connectivity index (χ1) is 12.2. The van der Waals surface area contributed by atoms with Gasteiger partial charge in [0.2, 0.25) is 5.91 Å². The normalized spacial score (nSPS) is 21.4. The van der Waals surface area contributed by atoms with Crippen LogP contribution < -0.4 is 10.6 Å². The van der Waals surface area contributed by atoms with Gasteiger partial charge in [-0.2, -0.15) is 0 Å². The Hall–Kier alpha value is -0.900. The molecule has 1 atom stereocenters. The number of rotatable bonds is 4. The lowest BCUT2D eigenvalue weighted by molar-refractivity contribution is -0.135. The Bertz CT molecular complexity index is 614. The lowest BCUT2D eigenvalue weighted by Gasteiger charge is -2.26. The van der Waals surface area contributed by atoms with E-state index < -0.39 is 0 Å². The molecule has 2 aliphatic rings. The van der Waals surface area contributed by atoms with Gasteiger partial charge in [-0.25, -0.2) is 4.98 Å². The maximum absolute atomic E-state index is 12.7. The molecule has 2 N–H and O–H groups in total. The van der Waals surface area contributed by atoms with E-state index >= 15 is 0 Å². The molecule has 1 amide bonds. The molecule has 1 unspecified atom stereocenters. The van der Waals surface area contributed by atoms with E-state index in [-0.39, 0.29) is 35.9 Å². The SMILES string of the molecule is CN=C(NCc1ncc(C)s1)NC1CCN(C(=O)C2CCCCC2)C1.I. The largest absolute Gasteiger partial charge is 0.352 e. The molecule has 2 heterocycles. The summed E-state index contributed by atoms with van der Waals surface area (Å²) in [7, 11) is 1.78. The summed E-state index contributed by atoms with van der Waals surface area (Å²) in [6.07, 6.45) is 8.72. The van der Waals surface area contributed by atoms with Crippen molar-refractivity contribution in [1.82, 2.24) is 20.5 Å². The Labute approximate surface area is 177 Å². The van der Waals surface area contributed by atoms with Crippen molar-refractivity contribution in [2.45, 2.75) is 58.0 Å². The zero-order chi connectivity index (χ0) is 17.6. The summed E-state index contributed by atoms with van der Waals surface area (Å²) in [5, 5.41) is 7.83. The van der Waals surface area contributed by atoms with Gasteiger partial charge in [0.25, 0.3) is 0 Å². The summed E-state index contributed by atoms with van der Waals surface area (Å²) >= 11 is 1.69. The Morgan fingerprint density at radius 3 is 2.77 bits per heavy atom. The van der Waals surface area contributed by atoms with Crippen LogP contribution in [0.4, 0.5) is 0 Å². The number of halogens is 1. The molecule has 0 spiro atoms. The predicted molar refractivity (Wildman–Crippen MR) is 117 cm³/mol. The Morgan fingerprint density at radius 2 is 2.12 bits per heavy atom. The van der Waals surface area contributed by atoms with Crippen molar-refractivity contribution in [3.63, 3.8) is 0 Å². The van der Waals surface area contributed by atoms with Gasteiger partial charge < -0.3 is 15.5 Å². The molecule has 0 aromatic carbocycles. The Morgan fingerprint density at radius 1 is 1.35 bits per heavy atom. The van der Waals surface area contributed by atoms with E-state index in [0.717, 1.165) is 43.3 Å². The van der Waals surface area contributed by atoms with Crippen molar-refractivity contribution in [2.24, 2.45) is 10.9 Å². The molecule has 146 valence electrons. The van der Waals surface area contributed by atoms with Crippen LogP contribution in [-0.2, 0) is 11.3 Å². The number of nitrogens with one attached hydrogen (secondary N) is 2. The van der Waals surface area contributed by atoms with E-state index in [4.69, 9.17) is 0 Å². The number of likely N-dealkylation sites (tertiary alicyclic amines) is 1. The van der Waals surface area contributed by atoms with E-state index in [2.05, 4.69) is 27.5 Å². The first kappa shape index (κ1) is 21.4. The summed E-state index contributed by atoms with van der Waals surface area (Å²) in [5.74, 6) is 1.41. The number of carbonyl (C=O) groups is 1. The molecule has 8 heteroatoms. The summed E-state index contributed by atoms with van der Waals surface area (Å²) in [4.78, 5) is 24.6. The van der Waals surface area contributed by atoms with Crippen LogP contribution in [0.3, 0.4) is 0 Å². The zero-order valence-corrected chi connectivity index (χ0v) is 18.8. The second-order valence-corrected chi connectivity index (χ2v) is 8.36. The Kier molecular flexibility index (Phi) is 8.59. The maximum Gasteiger partial charge on any atom is 0.225 e. The van der Waals surface area contributed by atoms with E-state index in [1.165, 1.54) is 24.1 Å². The zero-order valence-electron chi connectivity index (χ0n) is 15.7. The van der Waals surface area contributed by atoms with Crippen LogP contribution in [0.15, 0.2) is 11.2 Å². The predicted octanol–water partition coefficient (Wildman–Crippen LogP) is 2.92. The second kappa shape index (κ2) is 10.4. The molecular formula is C18H30IN5OS. The van der Waals surface area contributed by atoms with Crippen molar-refractivity contribution in [3.05, 3.63) is 16.1 Å². The monoisotopic (exact) mass is 491 g/mol. The fourth-order valence-electron chi connectivity index (χ4n) is 3.72. The first-order valence-electron chi connectivity index (χ1n) is 9.33. The van der Waals surface area contributed by atoms with Crippen molar-refractivity contribution >= 4 is 47.2 Å². The third-order valence-electron chi connectivity index (χ3n) is 5.09. The molecule has 1 aliphatic carbocycles. The highest BCUT2D eigenvalue weighted by Gasteiger charge is 2.31. The van der Waals surface area contributed by atoms with Gasteiger partial charge >= 0.3 is 0 Å². The minimum absolute atomic E-state index is 0. The van der Waals surface area contributed by atoms with Crippen LogP contribution in [0.5, 0.6) is 0 Å². The summed E-state index contributed by atoms with van der Waals surface area (Å²) < 4.78 is 0. The molecule has 1 aromatic rings. The van der Waals surface area contributed by atoms with Crippen molar-refractivity contribution in [2.75, 3.05) is 20.1 Å². The van der Waals surface area contributed by atoms with Gasteiger partial charge in [-0.05, 0) is 26.2 Å². The number of carbonyl (C=O) groups excluding carboxylic acids is 1. The first-order valence-corrected chi connectivity index (χ1v) is 10.1. The van der Waals surface area contributed by atoms with E-state index in [1.54, 1.807) is 18.4 Å². The quantitative estimate of drug-likeness (QED) is 0.386. The number of hydrogen-bond donors (Lipinski definition) is 2. The van der Waals surface area contributed by atoms with Gasteiger partial charge in [0, 0.05) is 43.2 Å². The molecule has 1 aliphatic heterocycles. The van der Waals surface area contributed by atoms with Crippen LogP contribution in [-0.4, -0.2) is 47.9 Å². The highest BCUT2D eigenvalue weighted by Crippen LogP contribution is 2.26. The van der Waals surface area contributed by atoms with Crippen molar-refractivity contribution < 1.29 is 4.79 Å². The molecule has 26 heavy (non-hydrogen) atoms. The molecule has 0 radical (unpaired) electrons. The minimum Gasteiger partial charge on any atom is -0.352 e. The minimum atomic E-state index is 0. The smallest absolute Gasteiger partial charge is 0.225 e. The van der Waals surface area contributed by atoms with Crippen LogP contribution >= 0.6 is 35.3 Å². The van der Waals surface area contributed by atoms with Crippen molar-refractivity contribution in [3.8, 4) is 0 Å². The fourth-order valence-corrected chi connectivity index (χ4v) is 4.44. The van der Waals surface area contributed by atoms with Gasteiger partial charge in [-0.3, -0.25) is 9.79 Å².